The van der Waals surface area contributed by atoms with Crippen LogP contribution in [0.1, 0.15) is 22.5 Å². The molecule has 4 amide bonds. The molecule has 0 unspecified atom stereocenters. The van der Waals surface area contributed by atoms with Crippen LogP contribution in [0.3, 0.4) is 0 Å². The van der Waals surface area contributed by atoms with Gasteiger partial charge in [-0.25, -0.2) is 14.6 Å². The molecule has 0 aliphatic rings. The average Bonchev–Trinajstić information content (AvgIpc) is 3.26. The van der Waals surface area contributed by atoms with Crippen LogP contribution in [0.2, 0.25) is 0 Å². The van der Waals surface area contributed by atoms with Crippen LogP contribution in [-0.4, -0.2) is 27.0 Å². The van der Waals surface area contributed by atoms with Gasteiger partial charge in [-0.15, -0.1) is 0 Å². The van der Waals surface area contributed by atoms with Crippen LogP contribution in [0.4, 0.5) is 15.3 Å². The van der Waals surface area contributed by atoms with E-state index in [0.29, 0.717) is 31.1 Å². The quantitative estimate of drug-likeness (QED) is 0.299. The van der Waals surface area contributed by atoms with Crippen LogP contribution in [0.15, 0.2) is 67.0 Å². The van der Waals surface area contributed by atoms with Crippen LogP contribution in [0, 0.1) is 6.92 Å². The number of aryl methyl sites for hydroxylation is 1. The minimum Gasteiger partial charge on any atom is -0.340 e. The van der Waals surface area contributed by atoms with Gasteiger partial charge in [-0.05, 0) is 53.9 Å². The molecule has 9 nitrogen and oxygen atoms in total. The first-order chi connectivity index (χ1) is 16.1. The van der Waals surface area contributed by atoms with E-state index in [1.165, 1.54) is 0 Å². The lowest BCUT2D eigenvalue weighted by atomic mass is 10.2. The molecule has 5 N–H and O–H groups in total. The van der Waals surface area contributed by atoms with Gasteiger partial charge in [0.2, 0.25) is 0 Å². The lowest BCUT2D eigenvalue weighted by Crippen LogP contribution is -2.34. The zero-order valence-electron chi connectivity index (χ0n) is 18.2. The summed E-state index contributed by atoms with van der Waals surface area (Å²) in [5.41, 5.74) is 5.39. The molecule has 4 rings (SSSR count). The van der Waals surface area contributed by atoms with Crippen molar-refractivity contribution in [1.82, 2.24) is 30.9 Å². The molecule has 0 spiro atoms. The zero-order chi connectivity index (χ0) is 23.0. The third kappa shape index (κ3) is 6.07. The number of H-pyrrole nitrogens is 1. The summed E-state index contributed by atoms with van der Waals surface area (Å²) in [6, 6.07) is 16.3. The number of hydrogen-bond acceptors (Lipinski definition) is 4. The molecular weight excluding hydrogens is 418 g/mol. The Morgan fingerprint density at radius 1 is 0.848 bits per heavy atom. The molecule has 0 fully saturated rings. The lowest BCUT2D eigenvalue weighted by Gasteiger charge is -2.10. The fourth-order valence-corrected chi connectivity index (χ4v) is 3.34. The van der Waals surface area contributed by atoms with E-state index in [-0.39, 0.29) is 12.1 Å². The number of carbonyl (C=O) groups is 2. The summed E-state index contributed by atoms with van der Waals surface area (Å²) in [5.74, 6) is 0.693. The summed E-state index contributed by atoms with van der Waals surface area (Å²) in [5, 5.41) is 11.2. The van der Waals surface area contributed by atoms with Gasteiger partial charge in [0.05, 0.1) is 17.6 Å². The zero-order valence-corrected chi connectivity index (χ0v) is 18.2. The summed E-state index contributed by atoms with van der Waals surface area (Å²) < 4.78 is 0. The standard InChI is InChI=1S/C24H25N7O2/c1-16-4-2-7-20-22(16)31-21(30-20)15-28-23(32)26-14-18-5-3-6-19(12-18)29-24(33)27-13-17-8-10-25-11-9-17/h2-12H,13-15H2,1H3,(H,30,31)(H2,26,28,32)(H2,27,29,33). The monoisotopic (exact) mass is 443 g/mol. The van der Waals surface area contributed by atoms with Crippen molar-refractivity contribution in [3.05, 3.63) is 89.5 Å². The topological polar surface area (TPSA) is 124 Å². The molecule has 0 bridgehead atoms. The molecule has 2 heterocycles. The second-order valence-electron chi connectivity index (χ2n) is 7.55. The number of hydrogen-bond donors (Lipinski definition) is 5. The minimum absolute atomic E-state index is 0.291. The number of carbonyl (C=O) groups excluding carboxylic acids is 2. The van der Waals surface area contributed by atoms with Crippen molar-refractivity contribution in [3.63, 3.8) is 0 Å². The Morgan fingerprint density at radius 3 is 2.39 bits per heavy atom. The van der Waals surface area contributed by atoms with Crippen molar-refractivity contribution >= 4 is 28.8 Å². The first-order valence-corrected chi connectivity index (χ1v) is 10.6. The number of aromatic nitrogens is 3. The smallest absolute Gasteiger partial charge is 0.319 e. The number of urea groups is 2. The lowest BCUT2D eigenvalue weighted by molar-refractivity contribution is 0.240. The van der Waals surface area contributed by atoms with Crippen molar-refractivity contribution in [2.24, 2.45) is 0 Å². The van der Waals surface area contributed by atoms with E-state index in [1.807, 2.05) is 55.5 Å². The number of rotatable bonds is 7. The van der Waals surface area contributed by atoms with Gasteiger partial charge in [0.15, 0.2) is 0 Å². The Morgan fingerprint density at radius 2 is 1.58 bits per heavy atom. The second kappa shape index (κ2) is 10.3. The van der Waals surface area contributed by atoms with E-state index in [9.17, 15) is 9.59 Å². The number of amides is 4. The molecular formula is C24H25N7O2. The molecule has 9 heteroatoms. The van der Waals surface area contributed by atoms with E-state index >= 15 is 0 Å². The van der Waals surface area contributed by atoms with Gasteiger partial charge in [-0.2, -0.15) is 0 Å². The fraction of sp³-hybridized carbons (Fsp3) is 0.167. The maximum atomic E-state index is 12.2. The van der Waals surface area contributed by atoms with Crippen molar-refractivity contribution in [1.29, 1.82) is 0 Å². The van der Waals surface area contributed by atoms with Crippen LogP contribution in [-0.2, 0) is 19.6 Å². The number of imidazole rings is 1. The predicted octanol–water partition coefficient (Wildman–Crippen LogP) is 3.59. The van der Waals surface area contributed by atoms with E-state index in [0.717, 1.165) is 27.7 Å². The Balaban J connectivity index is 1.23. The predicted molar refractivity (Wildman–Crippen MR) is 126 cm³/mol. The number of nitrogens with zero attached hydrogens (tertiary/aromatic N) is 2. The molecule has 168 valence electrons. The number of fused-ring (bicyclic) bond motifs is 1. The molecule has 0 aliphatic heterocycles. The maximum absolute atomic E-state index is 12.2. The van der Waals surface area contributed by atoms with Crippen LogP contribution >= 0.6 is 0 Å². The molecule has 4 aromatic rings. The Bertz CT molecular complexity index is 1250. The van der Waals surface area contributed by atoms with Crippen molar-refractivity contribution in [3.8, 4) is 0 Å². The summed E-state index contributed by atoms with van der Waals surface area (Å²) >= 11 is 0. The van der Waals surface area contributed by atoms with Gasteiger partial charge >= 0.3 is 12.1 Å². The van der Waals surface area contributed by atoms with Gasteiger partial charge in [0.25, 0.3) is 0 Å². The number of aromatic amines is 1. The van der Waals surface area contributed by atoms with Crippen molar-refractivity contribution in [2.75, 3.05) is 5.32 Å². The van der Waals surface area contributed by atoms with Crippen LogP contribution in [0.25, 0.3) is 11.0 Å². The molecule has 0 atom stereocenters. The van der Waals surface area contributed by atoms with Gasteiger partial charge in [0, 0.05) is 31.2 Å². The van der Waals surface area contributed by atoms with Gasteiger partial charge in [0.1, 0.15) is 5.82 Å². The second-order valence-corrected chi connectivity index (χ2v) is 7.55. The van der Waals surface area contributed by atoms with Crippen LogP contribution < -0.4 is 21.3 Å². The van der Waals surface area contributed by atoms with Crippen LogP contribution in [0.5, 0.6) is 0 Å². The highest BCUT2D eigenvalue weighted by molar-refractivity contribution is 5.89. The first kappa shape index (κ1) is 21.8. The Kier molecular flexibility index (Phi) is 6.79. The Labute approximate surface area is 191 Å². The minimum atomic E-state index is -0.310. The molecule has 0 aliphatic carbocycles. The number of para-hydroxylation sites is 1. The SMILES string of the molecule is Cc1cccc2[nH]c(CNC(=O)NCc3cccc(NC(=O)NCc4ccncc4)c3)nc12. The molecule has 33 heavy (non-hydrogen) atoms. The fourth-order valence-electron chi connectivity index (χ4n) is 3.34. The number of benzene rings is 2. The highest BCUT2D eigenvalue weighted by atomic mass is 16.2. The van der Waals surface area contributed by atoms with Crippen molar-refractivity contribution < 1.29 is 9.59 Å². The Hall–Kier alpha value is -4.40. The largest absolute Gasteiger partial charge is 0.340 e. The van der Waals surface area contributed by atoms with E-state index in [4.69, 9.17) is 0 Å². The molecule has 0 radical (unpaired) electrons. The summed E-state index contributed by atoms with van der Waals surface area (Å²) in [4.78, 5) is 36.0. The van der Waals surface area contributed by atoms with E-state index < -0.39 is 0 Å². The summed E-state index contributed by atoms with van der Waals surface area (Å²) in [6.45, 7) is 3.01. The number of anilines is 1. The molecule has 2 aromatic heterocycles. The maximum Gasteiger partial charge on any atom is 0.319 e. The molecule has 0 saturated heterocycles. The van der Waals surface area contributed by atoms with Gasteiger partial charge in [-0.3, -0.25) is 4.98 Å². The highest BCUT2D eigenvalue weighted by Gasteiger charge is 2.07. The molecule has 0 saturated carbocycles. The van der Waals surface area contributed by atoms with Gasteiger partial charge in [-0.1, -0.05) is 24.3 Å². The van der Waals surface area contributed by atoms with Gasteiger partial charge < -0.3 is 26.3 Å². The third-order valence-corrected chi connectivity index (χ3v) is 5.02. The first-order valence-electron chi connectivity index (χ1n) is 10.6. The third-order valence-electron chi connectivity index (χ3n) is 5.02. The van der Waals surface area contributed by atoms with Crippen molar-refractivity contribution in [2.45, 2.75) is 26.6 Å². The average molecular weight is 444 g/mol. The number of nitrogens with one attached hydrogen (secondary N) is 5. The summed E-state index contributed by atoms with van der Waals surface area (Å²) in [6.07, 6.45) is 3.36. The van der Waals surface area contributed by atoms with E-state index in [2.05, 4.69) is 36.2 Å². The van der Waals surface area contributed by atoms with E-state index in [1.54, 1.807) is 18.5 Å². The normalized spacial score (nSPS) is 10.6. The highest BCUT2D eigenvalue weighted by Crippen LogP contribution is 2.15. The number of pyridine rings is 1. The molecule has 2 aromatic carbocycles. The summed E-state index contributed by atoms with van der Waals surface area (Å²) in [7, 11) is 0.